The number of benzene rings is 1. The van der Waals surface area contributed by atoms with E-state index >= 15 is 0 Å². The summed E-state index contributed by atoms with van der Waals surface area (Å²) in [5.41, 5.74) is -0.145. The summed E-state index contributed by atoms with van der Waals surface area (Å²) < 4.78 is 35.0. The molecule has 2 amide bonds. The van der Waals surface area contributed by atoms with Crippen LogP contribution >= 0.6 is 11.6 Å². The zero-order chi connectivity index (χ0) is 22.5. The van der Waals surface area contributed by atoms with Crippen molar-refractivity contribution >= 4 is 23.4 Å². The van der Waals surface area contributed by atoms with E-state index in [1.807, 2.05) is 0 Å². The zero-order valence-electron chi connectivity index (χ0n) is 16.1. The molecular formula is C19H20ClF2N3O6. The van der Waals surface area contributed by atoms with Crippen LogP contribution in [0.5, 0.6) is 5.75 Å². The maximum Gasteiger partial charge on any atom is 0.289 e. The van der Waals surface area contributed by atoms with Gasteiger partial charge in [-0.2, -0.15) is 0 Å². The van der Waals surface area contributed by atoms with Crippen molar-refractivity contribution in [2.75, 3.05) is 13.1 Å². The van der Waals surface area contributed by atoms with Crippen molar-refractivity contribution in [3.05, 3.63) is 46.3 Å². The van der Waals surface area contributed by atoms with Gasteiger partial charge in [-0.15, -0.1) is 0 Å². The summed E-state index contributed by atoms with van der Waals surface area (Å²) >= 11 is 5.90. The van der Waals surface area contributed by atoms with E-state index in [1.165, 1.54) is 0 Å². The van der Waals surface area contributed by atoms with Crippen LogP contribution < -0.4 is 15.4 Å². The largest absolute Gasteiger partial charge is 0.480 e. The number of hydrogen-bond acceptors (Lipinski definition) is 7. The van der Waals surface area contributed by atoms with Gasteiger partial charge in [-0.25, -0.2) is 8.78 Å². The van der Waals surface area contributed by atoms with Crippen molar-refractivity contribution in [2.24, 2.45) is 0 Å². The molecule has 3 rings (SSSR count). The Kier molecular flexibility index (Phi) is 7.42. The van der Waals surface area contributed by atoms with Crippen molar-refractivity contribution in [2.45, 2.75) is 37.6 Å². The number of aliphatic hydroxyl groups excluding tert-OH is 2. The molecule has 3 atom stereocenters. The summed E-state index contributed by atoms with van der Waals surface area (Å²) in [6, 6.07) is 5.55. The van der Waals surface area contributed by atoms with Crippen LogP contribution in [0.1, 0.15) is 47.2 Å². The Morgan fingerprint density at radius 3 is 2.77 bits per heavy atom. The summed E-state index contributed by atoms with van der Waals surface area (Å²) in [6.07, 6.45) is -5.59. The first-order chi connectivity index (χ1) is 14.7. The number of carbonyl (C=O) groups excluding carboxylic acids is 2. The lowest BCUT2D eigenvalue weighted by Gasteiger charge is -2.29. The van der Waals surface area contributed by atoms with E-state index in [1.54, 1.807) is 18.2 Å². The van der Waals surface area contributed by atoms with Crippen molar-refractivity contribution < 1.29 is 37.8 Å². The first kappa shape index (κ1) is 22.9. The van der Waals surface area contributed by atoms with Gasteiger partial charge in [0.25, 0.3) is 18.2 Å². The SMILES string of the molecule is O=C(NCC[C@H](O)CNC(=O)[C@H]1C[C@@H](O)c2cc(Cl)ccc2O1)c1cc(C(F)F)no1. The molecule has 0 bridgehead atoms. The van der Waals surface area contributed by atoms with Crippen LogP contribution in [-0.2, 0) is 4.79 Å². The van der Waals surface area contributed by atoms with Gasteiger partial charge in [0.05, 0.1) is 12.2 Å². The average Bonchev–Trinajstić information content (AvgIpc) is 3.23. The Labute approximate surface area is 180 Å². The molecule has 1 aromatic carbocycles. The number of rotatable bonds is 8. The van der Waals surface area contributed by atoms with E-state index in [0.29, 0.717) is 16.3 Å². The number of alkyl halides is 2. The molecule has 2 aromatic rings. The normalized spacial score (nSPS) is 18.8. The van der Waals surface area contributed by atoms with E-state index in [-0.39, 0.29) is 31.7 Å². The highest BCUT2D eigenvalue weighted by atomic mass is 35.5. The van der Waals surface area contributed by atoms with E-state index in [4.69, 9.17) is 16.3 Å². The second-order valence-electron chi connectivity index (χ2n) is 6.90. The molecule has 0 spiro atoms. The first-order valence-electron chi connectivity index (χ1n) is 9.37. The fourth-order valence-electron chi connectivity index (χ4n) is 2.95. The van der Waals surface area contributed by atoms with Crippen molar-refractivity contribution in [3.8, 4) is 5.75 Å². The van der Waals surface area contributed by atoms with Crippen molar-refractivity contribution in [3.63, 3.8) is 0 Å². The zero-order valence-corrected chi connectivity index (χ0v) is 16.8. The van der Waals surface area contributed by atoms with Crippen molar-refractivity contribution in [1.82, 2.24) is 15.8 Å². The Morgan fingerprint density at radius 1 is 1.29 bits per heavy atom. The van der Waals surface area contributed by atoms with E-state index in [2.05, 4.69) is 20.3 Å². The minimum absolute atomic E-state index is 0.00730. The van der Waals surface area contributed by atoms with Crippen LogP contribution in [0.15, 0.2) is 28.8 Å². The highest BCUT2D eigenvalue weighted by Gasteiger charge is 2.32. The topological polar surface area (TPSA) is 134 Å². The van der Waals surface area contributed by atoms with Crippen LogP contribution in [0.25, 0.3) is 0 Å². The number of aromatic nitrogens is 1. The number of hydrogen-bond donors (Lipinski definition) is 4. The third kappa shape index (κ3) is 5.90. The summed E-state index contributed by atoms with van der Waals surface area (Å²) in [6.45, 7) is -0.108. The van der Waals surface area contributed by atoms with E-state index in [9.17, 15) is 28.6 Å². The molecule has 2 heterocycles. The maximum absolute atomic E-state index is 12.4. The minimum Gasteiger partial charge on any atom is -0.480 e. The number of ether oxygens (including phenoxy) is 1. The number of nitrogens with one attached hydrogen (secondary N) is 2. The number of halogens is 3. The number of fused-ring (bicyclic) bond motifs is 1. The quantitative estimate of drug-likeness (QED) is 0.472. The lowest BCUT2D eigenvalue weighted by Crippen LogP contribution is -2.44. The summed E-state index contributed by atoms with van der Waals surface area (Å²) in [7, 11) is 0. The van der Waals surface area contributed by atoms with Crippen LogP contribution in [0.4, 0.5) is 8.78 Å². The monoisotopic (exact) mass is 459 g/mol. The highest BCUT2D eigenvalue weighted by molar-refractivity contribution is 6.30. The lowest BCUT2D eigenvalue weighted by atomic mass is 9.98. The molecule has 9 nitrogen and oxygen atoms in total. The molecule has 168 valence electrons. The summed E-state index contributed by atoms with van der Waals surface area (Å²) in [5.74, 6) is -1.27. The van der Waals surface area contributed by atoms with Crippen molar-refractivity contribution in [1.29, 1.82) is 0 Å². The molecule has 0 unspecified atom stereocenters. The summed E-state index contributed by atoms with van der Waals surface area (Å²) in [5, 5.41) is 28.6. The Morgan fingerprint density at radius 2 is 2.06 bits per heavy atom. The fraction of sp³-hybridized carbons (Fsp3) is 0.421. The van der Waals surface area contributed by atoms with Gasteiger partial charge in [0.2, 0.25) is 5.76 Å². The molecule has 31 heavy (non-hydrogen) atoms. The van der Waals surface area contributed by atoms with Gasteiger partial charge < -0.3 is 30.1 Å². The third-order valence-corrected chi connectivity index (χ3v) is 4.82. The molecular weight excluding hydrogens is 440 g/mol. The van der Waals surface area contributed by atoms with Gasteiger partial charge >= 0.3 is 0 Å². The second kappa shape index (κ2) is 10.0. The lowest BCUT2D eigenvalue weighted by molar-refractivity contribution is -0.130. The maximum atomic E-state index is 12.4. The number of carbonyl (C=O) groups is 2. The van der Waals surface area contributed by atoms with Crippen LogP contribution in [0, 0.1) is 0 Å². The average molecular weight is 460 g/mol. The van der Waals surface area contributed by atoms with Gasteiger partial charge in [-0.1, -0.05) is 16.8 Å². The molecule has 0 saturated carbocycles. The number of amides is 2. The molecule has 4 N–H and O–H groups in total. The standard InChI is InChI=1S/C19H20ClF2N3O6/c20-9-1-2-14-11(5-9)13(27)7-15(30-14)18(28)24-8-10(26)3-4-23-19(29)16-6-12(17(21)22)25-31-16/h1-2,5-6,10,13,15,17,26-27H,3-4,7-8H2,(H,23,29)(H,24,28)/t10-,13+,15+/m0/s1. The Bertz CT molecular complexity index is 941. The second-order valence-corrected chi connectivity index (χ2v) is 7.34. The number of nitrogens with zero attached hydrogens (tertiary/aromatic N) is 1. The Balaban J connectivity index is 1.40. The molecule has 1 aliphatic rings. The van der Waals surface area contributed by atoms with Gasteiger partial charge in [0.15, 0.2) is 11.8 Å². The molecule has 0 radical (unpaired) electrons. The van der Waals surface area contributed by atoms with Crippen LogP contribution in [0.3, 0.4) is 0 Å². The summed E-state index contributed by atoms with van der Waals surface area (Å²) in [4.78, 5) is 24.1. The van der Waals surface area contributed by atoms with E-state index in [0.717, 1.165) is 6.07 Å². The fourth-order valence-corrected chi connectivity index (χ4v) is 3.13. The molecule has 1 aliphatic heterocycles. The van der Waals surface area contributed by atoms with Crippen LogP contribution in [-0.4, -0.2) is 52.5 Å². The first-order valence-corrected chi connectivity index (χ1v) is 9.75. The third-order valence-electron chi connectivity index (χ3n) is 4.58. The smallest absolute Gasteiger partial charge is 0.289 e. The van der Waals surface area contributed by atoms with Crippen LogP contribution in [0.2, 0.25) is 5.02 Å². The Hall–Kier alpha value is -2.76. The predicted octanol–water partition coefficient (Wildman–Crippen LogP) is 1.75. The van der Waals surface area contributed by atoms with Gasteiger partial charge in [-0.3, -0.25) is 9.59 Å². The molecule has 0 aliphatic carbocycles. The van der Waals surface area contributed by atoms with Gasteiger partial charge in [-0.05, 0) is 24.6 Å². The molecule has 1 aromatic heterocycles. The molecule has 0 saturated heterocycles. The highest BCUT2D eigenvalue weighted by Crippen LogP contribution is 2.36. The van der Waals surface area contributed by atoms with Gasteiger partial charge in [0, 0.05) is 36.2 Å². The predicted molar refractivity (Wildman–Crippen MR) is 103 cm³/mol. The molecule has 0 fully saturated rings. The van der Waals surface area contributed by atoms with Gasteiger partial charge in [0.1, 0.15) is 5.75 Å². The number of aliphatic hydroxyl groups is 2. The van der Waals surface area contributed by atoms with E-state index < -0.39 is 42.2 Å². The minimum atomic E-state index is -2.85. The molecule has 12 heteroatoms.